The Hall–Kier alpha value is -4.64. The summed E-state index contributed by atoms with van der Waals surface area (Å²) in [7, 11) is 0. The van der Waals surface area contributed by atoms with Crippen LogP contribution in [0.3, 0.4) is 0 Å². The van der Waals surface area contributed by atoms with E-state index in [-0.39, 0.29) is 12.8 Å². The second kappa shape index (κ2) is 11.5. The molecule has 0 unspecified atom stereocenters. The van der Waals surface area contributed by atoms with Crippen LogP contribution in [0.2, 0.25) is 0 Å². The number of hydrogen-bond acceptors (Lipinski definition) is 3. The van der Waals surface area contributed by atoms with E-state index in [9.17, 15) is 4.79 Å². The number of carbonyl (C=O) groups excluding carboxylic acids is 1. The minimum absolute atomic E-state index is 0.288. The summed E-state index contributed by atoms with van der Waals surface area (Å²) in [6.07, 6.45) is 11.6. The predicted octanol–water partition coefficient (Wildman–Crippen LogP) is 8.04. The molecule has 6 rings (SSSR count). The Balaban J connectivity index is 1.46. The number of hydrogen-bond donors (Lipinski definition) is 0. The van der Waals surface area contributed by atoms with Gasteiger partial charge in [0.15, 0.2) is 11.5 Å². The molecule has 0 aliphatic heterocycles. The fourth-order valence-electron chi connectivity index (χ4n) is 6.06. The van der Waals surface area contributed by atoms with Gasteiger partial charge in [0, 0.05) is 18.0 Å². The summed E-state index contributed by atoms with van der Waals surface area (Å²) in [4.78, 5) is 22.2. The normalized spacial score (nSPS) is 15.1. The van der Waals surface area contributed by atoms with E-state index in [0.29, 0.717) is 11.4 Å². The van der Waals surface area contributed by atoms with Crippen molar-refractivity contribution in [2.45, 2.75) is 43.3 Å². The number of carbonyl (C=O) groups is 1. The Morgan fingerprint density at radius 2 is 1.32 bits per heavy atom. The number of alkyl halides is 1. The molecule has 5 aromatic rings. The van der Waals surface area contributed by atoms with E-state index in [1.54, 1.807) is 12.3 Å². The standard InChI is InChI=1S/C36H32FN3O/c37-35(23-11-4-12-24-35)34(41)22-21-32-31(20-13-25-38-32)33-26-40(27-39-33)36(28-14-5-1-6-15-28,29-16-7-2-8-17-29)30-18-9-3-10-19-30/h1-3,5-10,13-22,25-27H,4,11-12,23-24H2/b22-21+. The van der Waals surface area contributed by atoms with Crippen LogP contribution in [-0.4, -0.2) is 26.0 Å². The topological polar surface area (TPSA) is 47.8 Å². The summed E-state index contributed by atoms with van der Waals surface area (Å²) in [5.41, 5.74) is 2.89. The lowest BCUT2D eigenvalue weighted by molar-refractivity contribution is -0.127. The summed E-state index contributed by atoms with van der Waals surface area (Å²) in [5.74, 6) is -0.476. The number of ketones is 1. The van der Waals surface area contributed by atoms with Crippen LogP contribution in [0.15, 0.2) is 128 Å². The van der Waals surface area contributed by atoms with Gasteiger partial charge >= 0.3 is 0 Å². The number of pyridine rings is 1. The molecule has 204 valence electrons. The zero-order chi connectivity index (χ0) is 28.1. The van der Waals surface area contributed by atoms with Gasteiger partial charge in [0.1, 0.15) is 5.54 Å². The first-order valence-electron chi connectivity index (χ1n) is 14.2. The third-order valence-electron chi connectivity index (χ3n) is 8.14. The smallest absolute Gasteiger partial charge is 0.192 e. The van der Waals surface area contributed by atoms with Gasteiger partial charge in [-0.3, -0.25) is 9.78 Å². The third-order valence-corrected chi connectivity index (χ3v) is 8.14. The van der Waals surface area contributed by atoms with E-state index >= 15 is 4.39 Å². The summed E-state index contributed by atoms with van der Waals surface area (Å²) in [6.45, 7) is 0. The highest BCUT2D eigenvalue weighted by atomic mass is 19.1. The second-order valence-corrected chi connectivity index (χ2v) is 10.6. The van der Waals surface area contributed by atoms with Crippen molar-refractivity contribution in [2.24, 2.45) is 0 Å². The van der Waals surface area contributed by atoms with Crippen molar-refractivity contribution in [3.63, 3.8) is 0 Å². The zero-order valence-corrected chi connectivity index (χ0v) is 22.9. The van der Waals surface area contributed by atoms with E-state index in [4.69, 9.17) is 4.98 Å². The van der Waals surface area contributed by atoms with Gasteiger partial charge in [-0.1, -0.05) is 97.4 Å². The van der Waals surface area contributed by atoms with Crippen LogP contribution in [0.5, 0.6) is 0 Å². The van der Waals surface area contributed by atoms with Crippen LogP contribution in [0.4, 0.5) is 4.39 Å². The summed E-state index contributed by atoms with van der Waals surface area (Å²) in [6, 6.07) is 35.0. The number of halogens is 1. The fraction of sp³-hybridized carbons (Fsp3) is 0.194. The van der Waals surface area contributed by atoms with Crippen LogP contribution in [0.1, 0.15) is 54.5 Å². The van der Waals surface area contributed by atoms with Gasteiger partial charge in [-0.05, 0) is 66.7 Å². The first kappa shape index (κ1) is 26.6. The lowest BCUT2D eigenvalue weighted by Crippen LogP contribution is -2.36. The van der Waals surface area contributed by atoms with Crippen molar-refractivity contribution in [1.29, 1.82) is 0 Å². The first-order chi connectivity index (χ1) is 20.1. The van der Waals surface area contributed by atoms with Crippen molar-refractivity contribution < 1.29 is 9.18 Å². The first-order valence-corrected chi connectivity index (χ1v) is 14.2. The average Bonchev–Trinajstić information content (AvgIpc) is 3.53. The van der Waals surface area contributed by atoms with Gasteiger partial charge < -0.3 is 4.57 Å². The second-order valence-electron chi connectivity index (χ2n) is 10.6. The number of allylic oxidation sites excluding steroid dienone is 1. The predicted molar refractivity (Wildman–Crippen MR) is 161 cm³/mol. The number of imidazole rings is 1. The van der Waals surface area contributed by atoms with Crippen molar-refractivity contribution in [3.8, 4) is 11.3 Å². The zero-order valence-electron chi connectivity index (χ0n) is 22.9. The van der Waals surface area contributed by atoms with Crippen LogP contribution < -0.4 is 0 Å². The minimum Gasteiger partial charge on any atom is -0.318 e. The molecular formula is C36H32FN3O. The fourth-order valence-corrected chi connectivity index (χ4v) is 6.06. The van der Waals surface area contributed by atoms with Crippen LogP contribution in [-0.2, 0) is 10.3 Å². The highest BCUT2D eigenvalue weighted by Crippen LogP contribution is 2.41. The molecule has 5 heteroatoms. The molecule has 4 nitrogen and oxygen atoms in total. The summed E-state index contributed by atoms with van der Waals surface area (Å²) < 4.78 is 17.4. The van der Waals surface area contributed by atoms with E-state index in [1.807, 2.05) is 42.9 Å². The quantitative estimate of drug-likeness (QED) is 0.148. The van der Waals surface area contributed by atoms with Crippen molar-refractivity contribution in [2.75, 3.05) is 0 Å². The SMILES string of the molecule is O=C(/C=C/c1ncccc1-c1cn(C(c2ccccc2)(c2ccccc2)c2ccccc2)cn1)C1(F)CCCCC1. The Morgan fingerprint density at radius 1 is 0.756 bits per heavy atom. The lowest BCUT2D eigenvalue weighted by Gasteiger charge is -2.37. The number of aromatic nitrogens is 3. The lowest BCUT2D eigenvalue weighted by atomic mass is 9.77. The largest absolute Gasteiger partial charge is 0.318 e. The van der Waals surface area contributed by atoms with E-state index in [1.165, 1.54) is 6.08 Å². The maximum Gasteiger partial charge on any atom is 0.192 e. The molecule has 3 aromatic carbocycles. The molecular weight excluding hydrogens is 509 g/mol. The van der Waals surface area contributed by atoms with Crippen molar-refractivity contribution in [1.82, 2.24) is 14.5 Å². The minimum atomic E-state index is -1.77. The number of rotatable bonds is 8. The van der Waals surface area contributed by atoms with Gasteiger partial charge in [-0.2, -0.15) is 0 Å². The Labute approximate surface area is 240 Å². The molecule has 1 saturated carbocycles. The van der Waals surface area contributed by atoms with E-state index < -0.39 is 17.0 Å². The molecule has 41 heavy (non-hydrogen) atoms. The molecule has 1 aliphatic rings. The van der Waals surface area contributed by atoms with Crippen LogP contribution in [0, 0.1) is 0 Å². The van der Waals surface area contributed by atoms with Gasteiger partial charge in [-0.15, -0.1) is 0 Å². The molecule has 1 aliphatic carbocycles. The Bertz CT molecular complexity index is 1540. The Kier molecular flexibility index (Phi) is 7.43. The van der Waals surface area contributed by atoms with Gasteiger partial charge in [0.2, 0.25) is 0 Å². The van der Waals surface area contributed by atoms with E-state index in [0.717, 1.165) is 41.5 Å². The number of nitrogens with zero attached hydrogens (tertiary/aromatic N) is 3. The maximum absolute atomic E-state index is 15.3. The average molecular weight is 542 g/mol. The van der Waals surface area contributed by atoms with Gasteiger partial charge in [0.25, 0.3) is 0 Å². The summed E-state index contributed by atoms with van der Waals surface area (Å²) in [5, 5.41) is 0. The molecule has 0 atom stereocenters. The van der Waals surface area contributed by atoms with Crippen LogP contribution in [0.25, 0.3) is 17.3 Å². The maximum atomic E-state index is 15.3. The molecule has 1 fully saturated rings. The molecule has 0 N–H and O–H groups in total. The van der Waals surface area contributed by atoms with Gasteiger partial charge in [-0.25, -0.2) is 9.37 Å². The molecule has 0 saturated heterocycles. The molecule has 2 heterocycles. The molecule has 0 bridgehead atoms. The highest BCUT2D eigenvalue weighted by Gasteiger charge is 2.39. The highest BCUT2D eigenvalue weighted by molar-refractivity contribution is 6.00. The molecule has 0 radical (unpaired) electrons. The molecule has 2 aromatic heterocycles. The monoisotopic (exact) mass is 541 g/mol. The van der Waals surface area contributed by atoms with Crippen LogP contribution >= 0.6 is 0 Å². The molecule has 0 spiro atoms. The summed E-state index contributed by atoms with van der Waals surface area (Å²) >= 11 is 0. The molecule has 0 amide bonds. The van der Waals surface area contributed by atoms with E-state index in [2.05, 4.69) is 82.3 Å². The van der Waals surface area contributed by atoms with Crippen molar-refractivity contribution in [3.05, 3.63) is 150 Å². The van der Waals surface area contributed by atoms with Gasteiger partial charge in [0.05, 0.1) is 17.7 Å². The Morgan fingerprint density at radius 3 is 1.88 bits per heavy atom. The van der Waals surface area contributed by atoms with Crippen molar-refractivity contribution >= 4 is 11.9 Å². The third kappa shape index (κ3) is 5.04. The number of benzene rings is 3.